The van der Waals surface area contributed by atoms with E-state index < -0.39 is 0 Å². The number of ether oxygens (including phenoxy) is 1. The average molecular weight is 421 g/mol. The molecule has 0 aliphatic heterocycles. The number of benzene rings is 3. The second-order valence-electron chi connectivity index (χ2n) is 6.03. The zero-order valence-corrected chi connectivity index (χ0v) is 16.3. The summed E-state index contributed by atoms with van der Waals surface area (Å²) in [5, 5.41) is 11.7. The number of amides is 1. The van der Waals surface area contributed by atoms with Crippen molar-refractivity contribution in [1.29, 1.82) is 5.26 Å². The summed E-state index contributed by atoms with van der Waals surface area (Å²) < 4.78 is 6.40. The van der Waals surface area contributed by atoms with Gasteiger partial charge in [-0.15, -0.1) is 0 Å². The summed E-state index contributed by atoms with van der Waals surface area (Å²) in [5.74, 6) is 0.390. The molecule has 0 aliphatic rings. The van der Waals surface area contributed by atoms with E-state index in [9.17, 15) is 4.79 Å². The van der Waals surface area contributed by atoms with Crippen LogP contribution in [0.4, 0.5) is 5.69 Å². The van der Waals surface area contributed by atoms with Crippen molar-refractivity contribution >= 4 is 27.5 Å². The molecule has 1 amide bonds. The number of halogens is 1. The van der Waals surface area contributed by atoms with Gasteiger partial charge in [0.2, 0.25) is 0 Å². The lowest BCUT2D eigenvalue weighted by molar-refractivity contribution is -0.118. The maximum absolute atomic E-state index is 12.1. The van der Waals surface area contributed by atoms with Crippen molar-refractivity contribution in [1.82, 2.24) is 0 Å². The van der Waals surface area contributed by atoms with Gasteiger partial charge in [-0.2, -0.15) is 5.26 Å². The Hall–Kier alpha value is -3.10. The third-order valence-electron chi connectivity index (χ3n) is 3.97. The molecule has 134 valence electrons. The molecule has 0 spiro atoms. The zero-order chi connectivity index (χ0) is 19.2. The zero-order valence-electron chi connectivity index (χ0n) is 14.7. The Balaban J connectivity index is 1.58. The van der Waals surface area contributed by atoms with Gasteiger partial charge in [-0.05, 0) is 75.9 Å². The summed E-state index contributed by atoms with van der Waals surface area (Å²) in [7, 11) is 0. The van der Waals surface area contributed by atoms with E-state index in [4.69, 9.17) is 10.00 Å². The first-order valence-corrected chi connectivity index (χ1v) is 9.14. The standard InChI is InChI=1S/C22H17BrN2O2/c1-15-2-11-21(20(23)12-15)25-22(26)14-27-19-9-7-18(8-10-19)17-5-3-16(13-24)4-6-17/h2-12H,14H2,1H3,(H,25,26). The third-order valence-corrected chi connectivity index (χ3v) is 4.63. The van der Waals surface area contributed by atoms with E-state index in [2.05, 4.69) is 27.3 Å². The second kappa shape index (κ2) is 8.52. The summed E-state index contributed by atoms with van der Waals surface area (Å²) in [6.45, 7) is 1.91. The van der Waals surface area contributed by atoms with Crippen molar-refractivity contribution in [2.24, 2.45) is 0 Å². The van der Waals surface area contributed by atoms with Gasteiger partial charge in [0.15, 0.2) is 6.61 Å². The van der Waals surface area contributed by atoms with Gasteiger partial charge in [-0.3, -0.25) is 4.79 Å². The summed E-state index contributed by atoms with van der Waals surface area (Å²) in [6.07, 6.45) is 0. The van der Waals surface area contributed by atoms with Crippen molar-refractivity contribution in [3.05, 3.63) is 82.3 Å². The molecule has 4 nitrogen and oxygen atoms in total. The van der Waals surface area contributed by atoms with Crippen LogP contribution in [0, 0.1) is 18.3 Å². The van der Waals surface area contributed by atoms with Gasteiger partial charge in [-0.1, -0.05) is 30.3 Å². The van der Waals surface area contributed by atoms with Crippen LogP contribution < -0.4 is 10.1 Å². The molecule has 0 atom stereocenters. The van der Waals surface area contributed by atoms with Crippen LogP contribution in [0.2, 0.25) is 0 Å². The molecule has 0 aromatic heterocycles. The molecule has 3 aromatic rings. The Bertz CT molecular complexity index is 990. The van der Waals surface area contributed by atoms with Gasteiger partial charge in [-0.25, -0.2) is 0 Å². The quantitative estimate of drug-likeness (QED) is 0.607. The first-order valence-electron chi connectivity index (χ1n) is 8.34. The Morgan fingerprint density at radius 2 is 1.67 bits per heavy atom. The molecule has 0 fully saturated rings. The minimum absolute atomic E-state index is 0.0729. The van der Waals surface area contributed by atoms with E-state index in [-0.39, 0.29) is 12.5 Å². The number of carbonyl (C=O) groups is 1. The smallest absolute Gasteiger partial charge is 0.262 e. The van der Waals surface area contributed by atoms with Gasteiger partial charge in [0, 0.05) is 4.47 Å². The number of carbonyl (C=O) groups excluding carboxylic acids is 1. The van der Waals surface area contributed by atoms with Crippen LogP contribution in [0.3, 0.4) is 0 Å². The average Bonchev–Trinajstić information content (AvgIpc) is 2.69. The van der Waals surface area contributed by atoms with Crippen molar-refractivity contribution in [2.45, 2.75) is 6.92 Å². The van der Waals surface area contributed by atoms with Crippen LogP contribution in [-0.4, -0.2) is 12.5 Å². The summed E-state index contributed by atoms with van der Waals surface area (Å²) in [5.41, 5.74) is 4.48. The number of hydrogen-bond donors (Lipinski definition) is 1. The predicted molar refractivity (Wildman–Crippen MR) is 110 cm³/mol. The van der Waals surface area contributed by atoms with E-state index in [1.165, 1.54) is 0 Å². The van der Waals surface area contributed by atoms with E-state index >= 15 is 0 Å². The maximum atomic E-state index is 12.1. The Morgan fingerprint density at radius 3 is 2.26 bits per heavy atom. The maximum Gasteiger partial charge on any atom is 0.262 e. The molecule has 5 heteroatoms. The Morgan fingerprint density at radius 1 is 1.04 bits per heavy atom. The van der Waals surface area contributed by atoms with Crippen molar-refractivity contribution in [3.8, 4) is 22.9 Å². The number of nitrogens with zero attached hydrogens (tertiary/aromatic N) is 1. The molecule has 0 bridgehead atoms. The van der Waals surface area contributed by atoms with E-state index in [1.54, 1.807) is 12.1 Å². The van der Waals surface area contributed by atoms with Crippen LogP contribution in [-0.2, 0) is 4.79 Å². The number of nitriles is 1. The lowest BCUT2D eigenvalue weighted by Crippen LogP contribution is -2.20. The molecule has 27 heavy (non-hydrogen) atoms. The highest BCUT2D eigenvalue weighted by Crippen LogP contribution is 2.24. The monoisotopic (exact) mass is 420 g/mol. The SMILES string of the molecule is Cc1ccc(NC(=O)COc2ccc(-c3ccc(C#N)cc3)cc2)c(Br)c1. The van der Waals surface area contributed by atoms with Crippen molar-refractivity contribution < 1.29 is 9.53 Å². The predicted octanol–water partition coefficient (Wildman–Crippen LogP) is 5.31. The van der Waals surface area contributed by atoms with Crippen molar-refractivity contribution in [2.75, 3.05) is 11.9 Å². The first-order chi connectivity index (χ1) is 13.0. The lowest BCUT2D eigenvalue weighted by Gasteiger charge is -2.10. The van der Waals surface area contributed by atoms with Crippen LogP contribution in [0.15, 0.2) is 71.2 Å². The van der Waals surface area contributed by atoms with Crippen LogP contribution in [0.5, 0.6) is 5.75 Å². The molecule has 0 aliphatic carbocycles. The second-order valence-corrected chi connectivity index (χ2v) is 6.89. The van der Waals surface area contributed by atoms with Gasteiger partial charge >= 0.3 is 0 Å². The molecule has 0 unspecified atom stereocenters. The number of hydrogen-bond acceptors (Lipinski definition) is 3. The van der Waals surface area contributed by atoms with Crippen LogP contribution in [0.1, 0.15) is 11.1 Å². The van der Waals surface area contributed by atoms with Gasteiger partial charge in [0.05, 0.1) is 17.3 Å². The normalized spacial score (nSPS) is 10.1. The molecule has 0 radical (unpaired) electrons. The fourth-order valence-corrected chi connectivity index (χ4v) is 3.13. The molecule has 0 saturated heterocycles. The number of rotatable bonds is 5. The van der Waals surface area contributed by atoms with Gasteiger partial charge < -0.3 is 10.1 Å². The minimum Gasteiger partial charge on any atom is -0.484 e. The van der Waals surface area contributed by atoms with Crippen LogP contribution >= 0.6 is 15.9 Å². The van der Waals surface area contributed by atoms with Crippen LogP contribution in [0.25, 0.3) is 11.1 Å². The number of aryl methyl sites for hydroxylation is 1. The molecular formula is C22H17BrN2O2. The van der Waals surface area contributed by atoms with E-state index in [0.717, 1.165) is 21.2 Å². The van der Waals surface area contributed by atoms with Gasteiger partial charge in [0.25, 0.3) is 5.91 Å². The van der Waals surface area contributed by atoms with E-state index in [0.29, 0.717) is 17.0 Å². The Labute approximate surface area is 166 Å². The lowest BCUT2D eigenvalue weighted by atomic mass is 10.0. The molecule has 0 saturated carbocycles. The third kappa shape index (κ3) is 4.96. The molecule has 3 rings (SSSR count). The van der Waals surface area contributed by atoms with E-state index in [1.807, 2.05) is 61.5 Å². The van der Waals surface area contributed by atoms with Crippen molar-refractivity contribution in [3.63, 3.8) is 0 Å². The summed E-state index contributed by atoms with van der Waals surface area (Å²) in [6, 6.07) is 22.7. The highest BCUT2D eigenvalue weighted by molar-refractivity contribution is 9.10. The topological polar surface area (TPSA) is 62.1 Å². The highest BCUT2D eigenvalue weighted by Gasteiger charge is 2.07. The number of nitrogens with one attached hydrogen (secondary N) is 1. The first kappa shape index (κ1) is 18.7. The highest BCUT2D eigenvalue weighted by atomic mass is 79.9. The molecular weight excluding hydrogens is 404 g/mol. The molecule has 1 N–H and O–H groups in total. The minimum atomic E-state index is -0.226. The number of anilines is 1. The largest absolute Gasteiger partial charge is 0.484 e. The fourth-order valence-electron chi connectivity index (χ4n) is 2.54. The fraction of sp³-hybridized carbons (Fsp3) is 0.0909. The van der Waals surface area contributed by atoms with Gasteiger partial charge in [0.1, 0.15) is 5.75 Å². The molecule has 0 heterocycles. The molecule has 3 aromatic carbocycles. The Kier molecular flexibility index (Phi) is 5.90. The summed E-state index contributed by atoms with van der Waals surface area (Å²) in [4.78, 5) is 12.1. The summed E-state index contributed by atoms with van der Waals surface area (Å²) >= 11 is 3.44.